The van der Waals surface area contributed by atoms with Gasteiger partial charge in [0.25, 0.3) is 5.91 Å². The van der Waals surface area contributed by atoms with Crippen LogP contribution in [0.5, 0.6) is 0 Å². The molecule has 0 aliphatic heterocycles. The zero-order valence-electron chi connectivity index (χ0n) is 17.5. The summed E-state index contributed by atoms with van der Waals surface area (Å²) in [6.45, 7) is 0.641. The van der Waals surface area contributed by atoms with Gasteiger partial charge in [-0.1, -0.05) is 12.8 Å². The van der Waals surface area contributed by atoms with E-state index < -0.39 is 11.7 Å². The minimum Gasteiger partial charge on any atom is -0.365 e. The van der Waals surface area contributed by atoms with Crippen LogP contribution in [-0.2, 0) is 0 Å². The van der Waals surface area contributed by atoms with Crippen LogP contribution >= 0.6 is 0 Å². The number of nitrogens with one attached hydrogen (secondary N) is 2. The second-order valence-corrected chi connectivity index (χ2v) is 7.80. The van der Waals surface area contributed by atoms with Crippen molar-refractivity contribution in [2.45, 2.75) is 31.7 Å². The second kappa shape index (κ2) is 9.65. The number of benzene rings is 1. The first-order chi connectivity index (χ1) is 15.5. The van der Waals surface area contributed by atoms with Crippen LogP contribution in [0.1, 0.15) is 36.0 Å². The van der Waals surface area contributed by atoms with E-state index in [0.717, 1.165) is 25.7 Å². The normalized spacial score (nSPS) is 18.2. The number of nitrogens with two attached hydrogens (primary N) is 2. The predicted molar refractivity (Wildman–Crippen MR) is 120 cm³/mol. The van der Waals surface area contributed by atoms with Crippen molar-refractivity contribution in [2.75, 3.05) is 17.2 Å². The fourth-order valence-corrected chi connectivity index (χ4v) is 3.80. The maximum atomic E-state index is 14.3. The van der Waals surface area contributed by atoms with E-state index in [9.17, 15) is 9.18 Å². The topological polar surface area (TPSA) is 145 Å². The first-order valence-corrected chi connectivity index (χ1v) is 10.5. The van der Waals surface area contributed by atoms with Crippen LogP contribution in [0, 0.1) is 11.7 Å². The van der Waals surface area contributed by atoms with Crippen LogP contribution in [0.25, 0.3) is 11.4 Å². The molecule has 32 heavy (non-hydrogen) atoms. The number of carbonyl (C=O) groups excluding carboxylic acids is 1. The number of hydrogen-bond donors (Lipinski definition) is 4. The van der Waals surface area contributed by atoms with Crippen LogP contribution < -0.4 is 22.1 Å². The number of primary amides is 1. The van der Waals surface area contributed by atoms with E-state index >= 15 is 0 Å². The van der Waals surface area contributed by atoms with Gasteiger partial charge in [-0.25, -0.2) is 19.3 Å². The molecule has 0 bridgehead atoms. The number of hydrogen-bond acceptors (Lipinski definition) is 8. The largest absolute Gasteiger partial charge is 0.365 e. The lowest BCUT2D eigenvalue weighted by atomic mass is 9.85. The molecule has 1 aromatic carbocycles. The molecule has 2 heterocycles. The third kappa shape index (κ3) is 4.97. The molecule has 6 N–H and O–H groups in total. The van der Waals surface area contributed by atoms with Crippen LogP contribution in [-0.4, -0.2) is 38.4 Å². The summed E-state index contributed by atoms with van der Waals surface area (Å²) in [6, 6.07) is 6.17. The first kappa shape index (κ1) is 21.6. The summed E-state index contributed by atoms with van der Waals surface area (Å²) in [5.74, 6) is 0.00838. The first-order valence-electron chi connectivity index (χ1n) is 10.5. The molecule has 166 valence electrons. The van der Waals surface area contributed by atoms with Gasteiger partial charge < -0.3 is 22.1 Å². The molecule has 1 amide bonds. The Morgan fingerprint density at radius 1 is 1.16 bits per heavy atom. The highest BCUT2D eigenvalue weighted by Crippen LogP contribution is 2.27. The van der Waals surface area contributed by atoms with Gasteiger partial charge in [0.05, 0.1) is 5.56 Å². The molecule has 1 aliphatic rings. The minimum absolute atomic E-state index is 0.117. The van der Waals surface area contributed by atoms with Crippen molar-refractivity contribution in [2.24, 2.45) is 17.4 Å². The highest BCUT2D eigenvalue weighted by molar-refractivity contribution is 5.98. The molecular weight excluding hydrogens is 411 g/mol. The van der Waals surface area contributed by atoms with Crippen molar-refractivity contribution in [1.82, 2.24) is 19.9 Å². The average molecular weight is 436 g/mol. The number of nitrogens with zero attached hydrogens (tertiary/aromatic N) is 4. The van der Waals surface area contributed by atoms with E-state index in [4.69, 9.17) is 11.5 Å². The Bertz CT molecular complexity index is 1090. The molecular formula is C22H25FN8O. The Hall–Kier alpha value is -3.66. The van der Waals surface area contributed by atoms with Gasteiger partial charge >= 0.3 is 0 Å². The van der Waals surface area contributed by atoms with Crippen molar-refractivity contribution >= 4 is 23.4 Å². The van der Waals surface area contributed by atoms with Gasteiger partial charge in [0.1, 0.15) is 17.2 Å². The minimum atomic E-state index is -0.679. The second-order valence-electron chi connectivity index (χ2n) is 7.80. The molecule has 3 aromatic rings. The fraction of sp³-hybridized carbons (Fsp3) is 0.318. The molecule has 1 saturated carbocycles. The van der Waals surface area contributed by atoms with Gasteiger partial charge in [0, 0.05) is 36.9 Å². The molecule has 10 heteroatoms. The van der Waals surface area contributed by atoms with E-state index in [1.165, 1.54) is 30.7 Å². The molecule has 2 atom stereocenters. The predicted octanol–water partition coefficient (Wildman–Crippen LogP) is 2.84. The summed E-state index contributed by atoms with van der Waals surface area (Å²) < 4.78 is 14.3. The van der Waals surface area contributed by atoms with Crippen LogP contribution in [0.4, 0.5) is 21.8 Å². The van der Waals surface area contributed by atoms with E-state index in [2.05, 4.69) is 30.6 Å². The molecule has 0 radical (unpaired) electrons. The van der Waals surface area contributed by atoms with Crippen molar-refractivity contribution < 1.29 is 9.18 Å². The van der Waals surface area contributed by atoms with Crippen LogP contribution in [0.3, 0.4) is 0 Å². The Balaban J connectivity index is 1.57. The van der Waals surface area contributed by atoms with Crippen LogP contribution in [0.15, 0.2) is 42.9 Å². The Morgan fingerprint density at radius 2 is 1.94 bits per heavy atom. The highest BCUT2D eigenvalue weighted by atomic mass is 19.1. The van der Waals surface area contributed by atoms with Gasteiger partial charge in [-0.05, 0) is 43.0 Å². The molecule has 1 fully saturated rings. The maximum absolute atomic E-state index is 14.3. The third-order valence-electron chi connectivity index (χ3n) is 5.58. The maximum Gasteiger partial charge on any atom is 0.254 e. The fourth-order valence-electron chi connectivity index (χ4n) is 3.80. The lowest BCUT2D eigenvalue weighted by Gasteiger charge is -2.28. The van der Waals surface area contributed by atoms with Gasteiger partial charge in [-0.15, -0.1) is 0 Å². The van der Waals surface area contributed by atoms with E-state index in [-0.39, 0.29) is 28.8 Å². The summed E-state index contributed by atoms with van der Waals surface area (Å²) in [4.78, 5) is 28.7. The zero-order chi connectivity index (χ0) is 22.5. The molecule has 0 spiro atoms. The summed E-state index contributed by atoms with van der Waals surface area (Å²) in [7, 11) is 0. The Kier molecular flexibility index (Phi) is 6.50. The number of carbonyl (C=O) groups is 1. The lowest BCUT2D eigenvalue weighted by Crippen LogP contribution is -2.37. The van der Waals surface area contributed by atoms with E-state index in [1.54, 1.807) is 12.1 Å². The summed E-state index contributed by atoms with van der Waals surface area (Å²) >= 11 is 0. The molecule has 2 aromatic heterocycles. The van der Waals surface area contributed by atoms with Crippen LogP contribution in [0.2, 0.25) is 0 Å². The number of amides is 1. The van der Waals surface area contributed by atoms with Gasteiger partial charge in [-0.3, -0.25) is 4.79 Å². The van der Waals surface area contributed by atoms with Gasteiger partial charge in [0.2, 0.25) is 5.95 Å². The molecule has 1 aliphatic carbocycles. The SMILES string of the molecule is NC(=O)c1cnc(NC[C@@H]2CCCC[C@@H]2N)nc1Nc1ccc(F)c(-c2ncccn2)c1. The number of anilines is 3. The van der Waals surface area contributed by atoms with Gasteiger partial charge in [0.15, 0.2) is 5.82 Å². The van der Waals surface area contributed by atoms with Crippen molar-refractivity contribution in [3.05, 3.63) is 54.2 Å². The Labute approximate surface area is 184 Å². The summed E-state index contributed by atoms with van der Waals surface area (Å²) in [5, 5.41) is 6.25. The Morgan fingerprint density at radius 3 is 2.69 bits per heavy atom. The van der Waals surface area contributed by atoms with Crippen molar-refractivity contribution in [3.63, 3.8) is 0 Å². The van der Waals surface area contributed by atoms with Gasteiger partial charge in [-0.2, -0.15) is 4.98 Å². The smallest absolute Gasteiger partial charge is 0.254 e. The zero-order valence-corrected chi connectivity index (χ0v) is 17.5. The van der Waals surface area contributed by atoms with Crippen molar-refractivity contribution in [1.29, 1.82) is 0 Å². The number of halogens is 1. The van der Waals surface area contributed by atoms with E-state index in [0.29, 0.717) is 24.1 Å². The summed E-state index contributed by atoms with van der Waals surface area (Å²) in [6.07, 6.45) is 8.82. The van der Waals surface area contributed by atoms with Crippen molar-refractivity contribution in [3.8, 4) is 11.4 Å². The van der Waals surface area contributed by atoms with E-state index in [1.807, 2.05) is 0 Å². The average Bonchev–Trinajstić information content (AvgIpc) is 2.80. The lowest BCUT2D eigenvalue weighted by molar-refractivity contribution is 0.100. The highest BCUT2D eigenvalue weighted by Gasteiger charge is 2.22. The standard InChI is InChI=1S/C22H25FN8O/c23-17-7-6-14(10-15(17)20-26-8-3-9-27-20)30-21-16(19(25)32)12-29-22(31-21)28-11-13-4-1-2-5-18(13)24/h3,6-10,12-13,18H,1-2,4-5,11,24H2,(H2,25,32)(H2,28,29,30,31)/t13-,18-/m0/s1. The monoisotopic (exact) mass is 436 g/mol. The molecule has 0 unspecified atom stereocenters. The summed E-state index contributed by atoms with van der Waals surface area (Å²) in [5.41, 5.74) is 12.5. The quantitative estimate of drug-likeness (QED) is 0.442. The molecule has 4 rings (SSSR count). The number of aromatic nitrogens is 4. The molecule has 0 saturated heterocycles. The number of rotatable bonds is 7. The third-order valence-corrected chi connectivity index (χ3v) is 5.58. The molecule has 9 nitrogen and oxygen atoms in total.